The number of hydrogen-bond acceptors (Lipinski definition) is 5. The molecule has 0 aliphatic heterocycles. The summed E-state index contributed by atoms with van der Waals surface area (Å²) in [7, 11) is 3.93. The number of para-hydroxylation sites is 1. The number of hydrogen-bond donors (Lipinski definition) is 1. The van der Waals surface area contributed by atoms with Gasteiger partial charge in [-0.2, -0.15) is 0 Å². The van der Waals surface area contributed by atoms with Gasteiger partial charge in [-0.1, -0.05) is 77.0 Å². The van der Waals surface area contributed by atoms with Gasteiger partial charge < -0.3 is 15.1 Å². The van der Waals surface area contributed by atoms with E-state index in [4.69, 9.17) is 0 Å². The molecule has 0 aliphatic rings. The molecule has 2 amide bonds. The first-order chi connectivity index (χ1) is 19.8. The van der Waals surface area contributed by atoms with Gasteiger partial charge >= 0.3 is 0 Å². The van der Waals surface area contributed by atoms with Crippen molar-refractivity contribution in [3.8, 4) is 0 Å². The monoisotopic (exact) mass is 546 g/mol. The zero-order valence-electron chi connectivity index (χ0n) is 23.8. The number of nitrogens with zero attached hydrogens (tertiary/aromatic N) is 5. The van der Waals surface area contributed by atoms with E-state index in [2.05, 4.69) is 15.6 Å². The maximum atomic E-state index is 14.1. The Hall–Kier alpha value is -4.98. The van der Waals surface area contributed by atoms with Crippen molar-refractivity contribution >= 4 is 34.2 Å². The number of amides is 2. The van der Waals surface area contributed by atoms with Crippen molar-refractivity contribution in [2.24, 2.45) is 0 Å². The van der Waals surface area contributed by atoms with Gasteiger partial charge in [-0.25, -0.2) is 4.68 Å². The summed E-state index contributed by atoms with van der Waals surface area (Å²) < 4.78 is 1.59. The molecule has 8 heteroatoms. The van der Waals surface area contributed by atoms with Crippen molar-refractivity contribution in [2.45, 2.75) is 33.0 Å². The molecule has 4 aromatic carbocycles. The van der Waals surface area contributed by atoms with Gasteiger partial charge in [0.25, 0.3) is 5.91 Å². The predicted molar refractivity (Wildman–Crippen MR) is 163 cm³/mol. The van der Waals surface area contributed by atoms with Crippen molar-refractivity contribution in [3.05, 3.63) is 119 Å². The molecule has 41 heavy (non-hydrogen) atoms. The third-order valence-electron chi connectivity index (χ3n) is 7.10. The van der Waals surface area contributed by atoms with Crippen LogP contribution >= 0.6 is 0 Å². The van der Waals surface area contributed by atoms with Crippen molar-refractivity contribution in [2.75, 3.05) is 24.3 Å². The van der Waals surface area contributed by atoms with E-state index in [-0.39, 0.29) is 24.9 Å². The first kappa shape index (κ1) is 27.6. The Labute approximate surface area is 240 Å². The van der Waals surface area contributed by atoms with E-state index >= 15 is 0 Å². The van der Waals surface area contributed by atoms with Crippen LogP contribution in [0.1, 0.15) is 28.3 Å². The summed E-state index contributed by atoms with van der Waals surface area (Å²) >= 11 is 0. The molecular weight excluding hydrogens is 512 g/mol. The number of aromatic nitrogens is 3. The quantitative estimate of drug-likeness (QED) is 0.263. The molecule has 0 spiro atoms. The second-order valence-electron chi connectivity index (χ2n) is 10.5. The number of benzene rings is 4. The van der Waals surface area contributed by atoms with E-state index in [9.17, 15) is 9.59 Å². The van der Waals surface area contributed by atoms with Crippen LogP contribution in [0.3, 0.4) is 0 Å². The fraction of sp³-hybridized carbons (Fsp3) is 0.212. The molecule has 0 bridgehead atoms. The molecule has 5 aromatic rings. The van der Waals surface area contributed by atoms with Gasteiger partial charge in [0.15, 0.2) is 0 Å². The molecule has 5 rings (SSSR count). The third kappa shape index (κ3) is 6.44. The van der Waals surface area contributed by atoms with Gasteiger partial charge in [0, 0.05) is 32.0 Å². The van der Waals surface area contributed by atoms with E-state index in [1.165, 1.54) is 0 Å². The van der Waals surface area contributed by atoms with E-state index < -0.39 is 6.04 Å². The Kier molecular flexibility index (Phi) is 8.10. The molecule has 1 aromatic heterocycles. The highest BCUT2D eigenvalue weighted by molar-refractivity contribution is 5.98. The van der Waals surface area contributed by atoms with Crippen LogP contribution in [0, 0.1) is 13.8 Å². The summed E-state index contributed by atoms with van der Waals surface area (Å²) in [5.41, 5.74) is 6.98. The third-order valence-corrected chi connectivity index (χ3v) is 7.10. The maximum absolute atomic E-state index is 14.1. The molecule has 208 valence electrons. The van der Waals surface area contributed by atoms with Crippen LogP contribution in [-0.2, 0) is 22.7 Å². The second-order valence-corrected chi connectivity index (χ2v) is 10.5. The molecule has 1 atom stereocenters. The second kappa shape index (κ2) is 12.0. The van der Waals surface area contributed by atoms with Gasteiger partial charge in [-0.15, -0.1) is 5.10 Å². The van der Waals surface area contributed by atoms with Crippen molar-refractivity contribution in [3.63, 3.8) is 0 Å². The minimum absolute atomic E-state index is 0.0560. The molecule has 8 nitrogen and oxygen atoms in total. The van der Waals surface area contributed by atoms with Crippen LogP contribution in [-0.4, -0.2) is 45.8 Å². The summed E-state index contributed by atoms with van der Waals surface area (Å²) in [6, 6.07) is 30.0. The fourth-order valence-corrected chi connectivity index (χ4v) is 4.74. The van der Waals surface area contributed by atoms with E-state index in [1.807, 2.05) is 130 Å². The summed E-state index contributed by atoms with van der Waals surface area (Å²) in [5, 5.41) is 11.5. The Balaban J connectivity index is 1.53. The molecule has 0 saturated heterocycles. The van der Waals surface area contributed by atoms with E-state index in [0.717, 1.165) is 33.5 Å². The SMILES string of the molecule is Cc1ccc(CN(C(=O)Cn2nnc3ccccc32)C(C(=O)Nc2ccc(N(C)C)cc2)c2ccc(C)cc2)cc1. The highest BCUT2D eigenvalue weighted by Crippen LogP contribution is 2.27. The molecule has 0 saturated carbocycles. The number of carbonyl (C=O) groups excluding carboxylic acids is 2. The molecule has 0 radical (unpaired) electrons. The minimum Gasteiger partial charge on any atom is -0.378 e. The number of rotatable bonds is 9. The zero-order valence-corrected chi connectivity index (χ0v) is 23.8. The molecule has 1 unspecified atom stereocenters. The maximum Gasteiger partial charge on any atom is 0.251 e. The van der Waals surface area contributed by atoms with Crippen molar-refractivity contribution in [1.82, 2.24) is 19.9 Å². The van der Waals surface area contributed by atoms with Gasteiger partial charge in [0.2, 0.25) is 5.91 Å². The summed E-state index contributed by atoms with van der Waals surface area (Å²) in [5.74, 6) is -0.541. The standard InChI is InChI=1S/C33H34N6O2/c1-23-9-13-25(14-10-23)21-38(31(40)22-39-30-8-6-5-7-29(30)35-36-39)32(26-15-11-24(2)12-16-26)33(41)34-27-17-19-28(20-18-27)37(3)4/h5-20,32H,21-22H2,1-4H3,(H,34,41). The normalized spacial score (nSPS) is 11.7. The number of fused-ring (bicyclic) bond motifs is 1. The highest BCUT2D eigenvalue weighted by Gasteiger charge is 2.32. The van der Waals surface area contributed by atoms with Crippen LogP contribution in [0.25, 0.3) is 11.0 Å². The van der Waals surface area contributed by atoms with E-state index in [1.54, 1.807) is 9.58 Å². The molecular formula is C33H34N6O2. The van der Waals surface area contributed by atoms with Crippen molar-refractivity contribution in [1.29, 1.82) is 0 Å². The molecule has 1 N–H and O–H groups in total. The lowest BCUT2D eigenvalue weighted by Gasteiger charge is -2.32. The van der Waals surface area contributed by atoms with Gasteiger partial charge in [-0.05, 0) is 61.4 Å². The Morgan fingerprint density at radius 3 is 2.12 bits per heavy atom. The van der Waals surface area contributed by atoms with Crippen molar-refractivity contribution < 1.29 is 9.59 Å². The van der Waals surface area contributed by atoms with Crippen LogP contribution < -0.4 is 10.2 Å². The number of aryl methyl sites for hydroxylation is 2. The molecule has 1 heterocycles. The Morgan fingerprint density at radius 1 is 0.829 bits per heavy atom. The summed E-state index contributed by atoms with van der Waals surface area (Å²) in [6.07, 6.45) is 0. The fourth-order valence-electron chi connectivity index (χ4n) is 4.74. The molecule has 0 fully saturated rings. The van der Waals surface area contributed by atoms with Crippen LogP contribution in [0.4, 0.5) is 11.4 Å². The number of nitrogens with one attached hydrogen (secondary N) is 1. The van der Waals surface area contributed by atoms with E-state index in [0.29, 0.717) is 11.2 Å². The minimum atomic E-state index is -0.882. The average Bonchev–Trinajstić information content (AvgIpc) is 3.37. The number of anilines is 2. The van der Waals surface area contributed by atoms with Crippen LogP contribution in [0.15, 0.2) is 97.1 Å². The Morgan fingerprint density at radius 2 is 1.46 bits per heavy atom. The summed E-state index contributed by atoms with van der Waals surface area (Å²) in [6.45, 7) is 4.21. The number of carbonyl (C=O) groups is 2. The topological polar surface area (TPSA) is 83.4 Å². The first-order valence-corrected chi connectivity index (χ1v) is 13.6. The zero-order chi connectivity index (χ0) is 28.9. The van der Waals surface area contributed by atoms with Crippen LogP contribution in [0.2, 0.25) is 0 Å². The van der Waals surface area contributed by atoms with Gasteiger partial charge in [-0.3, -0.25) is 9.59 Å². The lowest BCUT2D eigenvalue weighted by molar-refractivity contribution is -0.140. The lowest BCUT2D eigenvalue weighted by Crippen LogP contribution is -2.42. The van der Waals surface area contributed by atoms with Crippen LogP contribution in [0.5, 0.6) is 0 Å². The molecule has 0 aliphatic carbocycles. The predicted octanol–water partition coefficient (Wildman–Crippen LogP) is 5.52. The average molecular weight is 547 g/mol. The smallest absolute Gasteiger partial charge is 0.251 e. The largest absolute Gasteiger partial charge is 0.378 e. The lowest BCUT2D eigenvalue weighted by atomic mass is 10.0. The first-order valence-electron chi connectivity index (χ1n) is 13.6. The Bertz CT molecular complexity index is 1640. The van der Waals surface area contributed by atoms with Gasteiger partial charge in [0.1, 0.15) is 18.1 Å². The highest BCUT2D eigenvalue weighted by atomic mass is 16.2. The van der Waals surface area contributed by atoms with Gasteiger partial charge in [0.05, 0.1) is 5.52 Å². The summed E-state index contributed by atoms with van der Waals surface area (Å²) in [4.78, 5) is 31.8.